The van der Waals surface area contributed by atoms with E-state index in [9.17, 15) is 13.2 Å². The fourth-order valence-corrected chi connectivity index (χ4v) is 5.06. The van der Waals surface area contributed by atoms with Crippen molar-refractivity contribution in [1.29, 1.82) is 0 Å². The summed E-state index contributed by atoms with van der Waals surface area (Å²) in [5, 5.41) is 0. The quantitative estimate of drug-likeness (QED) is 0.391. The second kappa shape index (κ2) is 7.88. The third-order valence-electron chi connectivity index (χ3n) is 6.19. The van der Waals surface area contributed by atoms with Crippen molar-refractivity contribution in [2.24, 2.45) is 7.05 Å². The summed E-state index contributed by atoms with van der Waals surface area (Å²) >= 11 is 0. The fraction of sp³-hybridized carbons (Fsp3) is 0.280. The lowest BCUT2D eigenvalue weighted by Crippen LogP contribution is -2.09. The van der Waals surface area contributed by atoms with Gasteiger partial charge in [0.15, 0.2) is 27.1 Å². The van der Waals surface area contributed by atoms with E-state index in [0.717, 1.165) is 11.1 Å². The Morgan fingerprint density at radius 2 is 1.79 bits per heavy atom. The number of Topliss-reactive ketones (excluding diaryl/α,β-unsaturated/α-hetero) is 1. The van der Waals surface area contributed by atoms with Crippen molar-refractivity contribution in [3.05, 3.63) is 59.9 Å². The molecule has 1 aliphatic rings. The lowest BCUT2D eigenvalue weighted by molar-refractivity contribution is 0.101. The normalized spacial score (nSPS) is 14.0. The van der Waals surface area contributed by atoms with E-state index in [4.69, 9.17) is 0 Å². The van der Waals surface area contributed by atoms with E-state index in [1.54, 1.807) is 36.9 Å². The summed E-state index contributed by atoms with van der Waals surface area (Å²) in [6, 6.07) is 11.6. The molecule has 4 aromatic rings. The molecule has 1 aliphatic carbocycles. The molecule has 3 heterocycles. The third kappa shape index (κ3) is 3.84. The predicted molar refractivity (Wildman–Crippen MR) is 127 cm³/mol. The number of benzene rings is 1. The number of hydrogen-bond donors (Lipinski definition) is 0. The smallest absolute Gasteiger partial charge is 0.180 e. The summed E-state index contributed by atoms with van der Waals surface area (Å²) in [6.07, 6.45) is 5.65. The van der Waals surface area contributed by atoms with Gasteiger partial charge in [-0.25, -0.2) is 18.4 Å². The van der Waals surface area contributed by atoms with Crippen LogP contribution in [0.1, 0.15) is 48.5 Å². The molecule has 8 heteroatoms. The van der Waals surface area contributed by atoms with Crippen molar-refractivity contribution in [3.8, 4) is 22.6 Å². The predicted octanol–water partition coefficient (Wildman–Crippen LogP) is 4.57. The maximum absolute atomic E-state index is 13.1. The van der Waals surface area contributed by atoms with Crippen molar-refractivity contribution in [2.75, 3.05) is 5.75 Å². The number of ketones is 1. The number of carbonyl (C=O) groups is 1. The second-order valence-corrected chi connectivity index (χ2v) is 10.7. The van der Waals surface area contributed by atoms with Crippen molar-refractivity contribution in [3.63, 3.8) is 0 Å². The van der Waals surface area contributed by atoms with Crippen LogP contribution in [0.3, 0.4) is 0 Å². The number of carbonyl (C=O) groups excluding carboxylic acids is 1. The molecule has 0 radical (unpaired) electrons. The standard InChI is InChI=1S/C25H24N4O3S/c1-4-33(31,32)22-12-20(18-9-7-17(8-10-18)16-5-6-16)14-26-23(22)25-28-21-11-19(15(2)30)13-27-24(21)29(25)3/h7-14,16H,4-6H2,1-3H3. The van der Waals surface area contributed by atoms with Crippen LogP contribution in [0.5, 0.6) is 0 Å². The van der Waals surface area contributed by atoms with Crippen LogP contribution in [0.4, 0.5) is 0 Å². The van der Waals surface area contributed by atoms with Crippen LogP contribution in [0.25, 0.3) is 33.8 Å². The highest BCUT2D eigenvalue weighted by atomic mass is 32.2. The van der Waals surface area contributed by atoms with Gasteiger partial charge >= 0.3 is 0 Å². The van der Waals surface area contributed by atoms with E-state index in [1.807, 2.05) is 12.1 Å². The van der Waals surface area contributed by atoms with Gasteiger partial charge in [-0.15, -0.1) is 0 Å². The zero-order valence-electron chi connectivity index (χ0n) is 18.7. The average Bonchev–Trinajstić information content (AvgIpc) is 3.62. The largest absolute Gasteiger partial charge is 0.310 e. The van der Waals surface area contributed by atoms with Crippen LogP contribution >= 0.6 is 0 Å². The SMILES string of the molecule is CCS(=O)(=O)c1cc(-c2ccc(C3CC3)cc2)cnc1-c1nc2cc(C(C)=O)cnc2n1C. The molecule has 0 amide bonds. The molecule has 0 N–H and O–H groups in total. The molecular formula is C25H24N4O3S. The Morgan fingerprint density at radius 1 is 1.06 bits per heavy atom. The molecule has 0 aliphatic heterocycles. The van der Waals surface area contributed by atoms with Gasteiger partial charge in [-0.2, -0.15) is 0 Å². The summed E-state index contributed by atoms with van der Waals surface area (Å²) < 4.78 is 27.8. The Labute approximate surface area is 192 Å². The Hall–Kier alpha value is -3.39. The number of pyridine rings is 2. The van der Waals surface area contributed by atoms with Crippen LogP contribution < -0.4 is 0 Å². The molecule has 1 fully saturated rings. The third-order valence-corrected chi connectivity index (χ3v) is 7.93. The highest BCUT2D eigenvalue weighted by Gasteiger charge is 2.25. The molecular weight excluding hydrogens is 436 g/mol. The zero-order chi connectivity index (χ0) is 23.3. The molecule has 0 spiro atoms. The van der Waals surface area contributed by atoms with Gasteiger partial charge in [0.2, 0.25) is 0 Å². The Kier molecular flexibility index (Phi) is 5.12. The number of hydrogen-bond acceptors (Lipinski definition) is 6. The van der Waals surface area contributed by atoms with Crippen LogP contribution in [0.15, 0.2) is 53.7 Å². The summed E-state index contributed by atoms with van der Waals surface area (Å²) in [7, 11) is -1.82. The molecule has 168 valence electrons. The number of aromatic nitrogens is 4. The van der Waals surface area contributed by atoms with Crippen molar-refractivity contribution < 1.29 is 13.2 Å². The molecule has 3 aromatic heterocycles. The van der Waals surface area contributed by atoms with Crippen LogP contribution in [0, 0.1) is 0 Å². The Bertz CT molecular complexity index is 1500. The zero-order valence-corrected chi connectivity index (χ0v) is 19.6. The van der Waals surface area contributed by atoms with Gasteiger partial charge in [0.05, 0.1) is 10.6 Å². The maximum atomic E-state index is 13.1. The minimum atomic E-state index is -3.59. The lowest BCUT2D eigenvalue weighted by Gasteiger charge is -2.11. The van der Waals surface area contributed by atoms with Crippen molar-refractivity contribution >= 4 is 26.8 Å². The van der Waals surface area contributed by atoms with Gasteiger partial charge in [-0.1, -0.05) is 31.2 Å². The molecule has 1 aromatic carbocycles. The summed E-state index contributed by atoms with van der Waals surface area (Å²) in [5.74, 6) is 0.884. The molecule has 0 unspecified atom stereocenters. The minimum absolute atomic E-state index is 0.0531. The van der Waals surface area contributed by atoms with E-state index in [0.29, 0.717) is 28.5 Å². The second-order valence-electron chi connectivity index (χ2n) is 8.49. The van der Waals surface area contributed by atoms with Crippen LogP contribution in [-0.4, -0.2) is 39.5 Å². The Balaban J connectivity index is 1.65. The fourth-order valence-electron chi connectivity index (χ4n) is 4.01. The van der Waals surface area contributed by atoms with Crippen molar-refractivity contribution in [1.82, 2.24) is 19.5 Å². The van der Waals surface area contributed by atoms with Gasteiger partial charge in [0, 0.05) is 30.6 Å². The first-order valence-corrected chi connectivity index (χ1v) is 12.6. The number of sulfone groups is 1. The van der Waals surface area contributed by atoms with Gasteiger partial charge < -0.3 is 4.57 Å². The molecule has 7 nitrogen and oxygen atoms in total. The van der Waals surface area contributed by atoms with Gasteiger partial charge in [-0.3, -0.25) is 9.78 Å². The van der Waals surface area contributed by atoms with Crippen molar-refractivity contribution in [2.45, 2.75) is 37.5 Å². The van der Waals surface area contributed by atoms with Gasteiger partial charge in [0.1, 0.15) is 11.2 Å². The first-order chi connectivity index (χ1) is 15.8. The van der Waals surface area contributed by atoms with E-state index >= 15 is 0 Å². The summed E-state index contributed by atoms with van der Waals surface area (Å²) in [4.78, 5) is 25.4. The molecule has 1 saturated carbocycles. The monoisotopic (exact) mass is 460 g/mol. The number of rotatable bonds is 6. The first-order valence-electron chi connectivity index (χ1n) is 11.0. The van der Waals surface area contributed by atoms with E-state index in [-0.39, 0.29) is 22.1 Å². The summed E-state index contributed by atoms with van der Waals surface area (Å²) in [5.41, 5.74) is 4.78. The van der Waals surface area contributed by atoms with Crippen LogP contribution in [-0.2, 0) is 16.9 Å². The highest BCUT2D eigenvalue weighted by Crippen LogP contribution is 2.40. The number of fused-ring (bicyclic) bond motifs is 1. The highest BCUT2D eigenvalue weighted by molar-refractivity contribution is 7.91. The maximum Gasteiger partial charge on any atom is 0.180 e. The Morgan fingerprint density at radius 3 is 2.42 bits per heavy atom. The molecule has 33 heavy (non-hydrogen) atoms. The number of nitrogens with zero attached hydrogens (tertiary/aromatic N) is 4. The average molecular weight is 461 g/mol. The first kappa shape index (κ1) is 21.5. The molecule has 0 atom stereocenters. The topological polar surface area (TPSA) is 94.8 Å². The van der Waals surface area contributed by atoms with Gasteiger partial charge in [-0.05, 0) is 48.9 Å². The van der Waals surface area contributed by atoms with E-state index < -0.39 is 9.84 Å². The lowest BCUT2D eigenvalue weighted by atomic mass is 10.0. The number of aryl methyl sites for hydroxylation is 1. The van der Waals surface area contributed by atoms with E-state index in [2.05, 4.69) is 27.1 Å². The van der Waals surface area contributed by atoms with E-state index in [1.165, 1.54) is 31.5 Å². The van der Waals surface area contributed by atoms with Gasteiger partial charge in [0.25, 0.3) is 0 Å². The molecule has 0 saturated heterocycles. The number of imidazole rings is 1. The minimum Gasteiger partial charge on any atom is -0.310 e. The van der Waals surface area contributed by atoms with Crippen LogP contribution in [0.2, 0.25) is 0 Å². The summed E-state index contributed by atoms with van der Waals surface area (Å²) in [6.45, 7) is 3.09. The molecule has 0 bridgehead atoms. The molecule has 5 rings (SSSR count).